The van der Waals surface area contributed by atoms with Crippen LogP contribution in [0.15, 0.2) is 24.3 Å². The molecule has 1 aromatic carbocycles. The lowest BCUT2D eigenvalue weighted by atomic mass is 10.0. The number of benzene rings is 1. The molecule has 2 aromatic rings. The molecule has 1 aliphatic rings. The maximum Gasteiger partial charge on any atom is 0.195 e. The van der Waals surface area contributed by atoms with Gasteiger partial charge in [0.25, 0.3) is 0 Å². The third-order valence-corrected chi connectivity index (χ3v) is 2.93. The Balaban J connectivity index is 2.34. The Morgan fingerprint density at radius 1 is 1.36 bits per heavy atom. The van der Waals surface area contributed by atoms with Gasteiger partial charge < -0.3 is 0 Å². The van der Waals surface area contributed by atoms with Crippen molar-refractivity contribution in [3.05, 3.63) is 34.6 Å². The number of aromatic nitrogens is 3. The van der Waals surface area contributed by atoms with Crippen LogP contribution >= 0.6 is 12.2 Å². The van der Waals surface area contributed by atoms with Crippen LogP contribution in [0.25, 0.3) is 11.4 Å². The molecule has 3 nitrogen and oxygen atoms in total. The number of hydrogen-bond acceptors (Lipinski definition) is 2. The predicted octanol–water partition coefficient (Wildman–Crippen LogP) is 2.16. The minimum absolute atomic E-state index is 0.717. The smallest absolute Gasteiger partial charge is 0.195 e. The summed E-state index contributed by atoms with van der Waals surface area (Å²) in [6.07, 6.45) is 1.04. The van der Waals surface area contributed by atoms with E-state index in [1.165, 1.54) is 11.1 Å². The molecule has 0 spiro atoms. The molecule has 4 heteroatoms. The van der Waals surface area contributed by atoms with Crippen LogP contribution < -0.4 is 0 Å². The Labute approximate surface area is 86.4 Å². The van der Waals surface area contributed by atoms with Gasteiger partial charge in [-0.25, -0.2) is 0 Å². The fourth-order valence-corrected chi connectivity index (χ4v) is 2.14. The first-order chi connectivity index (χ1) is 6.86. The molecule has 0 atom stereocenters. The maximum absolute atomic E-state index is 5.15. The van der Waals surface area contributed by atoms with Gasteiger partial charge in [0.15, 0.2) is 10.6 Å². The van der Waals surface area contributed by atoms with Crippen molar-refractivity contribution in [2.75, 3.05) is 0 Å². The monoisotopic (exact) mass is 203 g/mol. The molecular formula is C10H9N3S. The molecule has 0 fully saturated rings. The normalized spacial score (nSPS) is 13.4. The predicted molar refractivity (Wildman–Crippen MR) is 56.6 cm³/mol. The molecule has 14 heavy (non-hydrogen) atoms. The highest BCUT2D eigenvalue weighted by atomic mass is 32.1. The lowest BCUT2D eigenvalue weighted by Gasteiger charge is -2.16. The van der Waals surface area contributed by atoms with Crippen LogP contribution in [0.2, 0.25) is 0 Å². The number of aryl methyl sites for hydroxylation is 1. The van der Waals surface area contributed by atoms with E-state index < -0.39 is 0 Å². The summed E-state index contributed by atoms with van der Waals surface area (Å²) in [5.74, 6) is 0.969. The van der Waals surface area contributed by atoms with Crippen molar-refractivity contribution in [1.29, 1.82) is 0 Å². The molecule has 0 radical (unpaired) electrons. The molecule has 3 rings (SSSR count). The summed E-state index contributed by atoms with van der Waals surface area (Å²) < 4.78 is 2.77. The average Bonchev–Trinajstić information content (AvgIpc) is 2.61. The van der Waals surface area contributed by atoms with Gasteiger partial charge in [-0.3, -0.25) is 9.67 Å². The van der Waals surface area contributed by atoms with Crippen molar-refractivity contribution in [3.8, 4) is 11.4 Å². The molecule has 2 heterocycles. The Kier molecular flexibility index (Phi) is 1.58. The highest BCUT2D eigenvalue weighted by Crippen LogP contribution is 2.26. The van der Waals surface area contributed by atoms with Gasteiger partial charge in [-0.15, -0.1) is 0 Å². The molecule has 0 saturated heterocycles. The number of nitrogens with one attached hydrogen (secondary N) is 1. The van der Waals surface area contributed by atoms with Crippen LogP contribution in [0.4, 0.5) is 0 Å². The summed E-state index contributed by atoms with van der Waals surface area (Å²) in [7, 11) is 0. The van der Waals surface area contributed by atoms with Gasteiger partial charge in [-0.2, -0.15) is 5.10 Å². The van der Waals surface area contributed by atoms with Crippen LogP contribution in [-0.2, 0) is 13.0 Å². The van der Waals surface area contributed by atoms with E-state index in [0.29, 0.717) is 0 Å². The highest BCUT2D eigenvalue weighted by Gasteiger charge is 2.16. The van der Waals surface area contributed by atoms with E-state index in [2.05, 4.69) is 33.0 Å². The van der Waals surface area contributed by atoms with Gasteiger partial charge >= 0.3 is 0 Å². The standard InChI is InChI=1S/C10H9N3S/c14-10-12-11-9-8-4-2-1-3-7(8)5-6-13(9)10/h1-4H,5-6H2,(H,12,14). The number of hydrogen-bond donors (Lipinski definition) is 1. The van der Waals surface area contributed by atoms with Crippen molar-refractivity contribution >= 4 is 12.2 Å². The molecule has 70 valence electrons. The molecule has 0 saturated carbocycles. The molecule has 0 amide bonds. The summed E-state index contributed by atoms with van der Waals surface area (Å²) in [5.41, 5.74) is 2.56. The Morgan fingerprint density at radius 3 is 3.14 bits per heavy atom. The lowest BCUT2D eigenvalue weighted by molar-refractivity contribution is 0.674. The first-order valence-corrected chi connectivity index (χ1v) is 5.00. The van der Waals surface area contributed by atoms with Crippen molar-refractivity contribution in [2.45, 2.75) is 13.0 Å². The van der Waals surface area contributed by atoms with Crippen molar-refractivity contribution < 1.29 is 0 Å². The first-order valence-electron chi connectivity index (χ1n) is 4.60. The van der Waals surface area contributed by atoms with Crippen LogP contribution in [0, 0.1) is 4.77 Å². The summed E-state index contributed by atoms with van der Waals surface area (Å²) in [4.78, 5) is 0. The van der Waals surface area contributed by atoms with E-state index in [9.17, 15) is 0 Å². The van der Waals surface area contributed by atoms with Crippen LogP contribution in [0.3, 0.4) is 0 Å². The van der Waals surface area contributed by atoms with Gasteiger partial charge in [0.05, 0.1) is 0 Å². The largest absolute Gasteiger partial charge is 0.300 e. The number of nitrogens with zero attached hydrogens (tertiary/aromatic N) is 2. The Morgan fingerprint density at radius 2 is 2.21 bits per heavy atom. The van der Waals surface area contributed by atoms with E-state index in [-0.39, 0.29) is 0 Å². The zero-order chi connectivity index (χ0) is 9.54. The van der Waals surface area contributed by atoms with Crippen LogP contribution in [-0.4, -0.2) is 14.8 Å². The Hall–Kier alpha value is -1.42. The zero-order valence-corrected chi connectivity index (χ0v) is 8.34. The van der Waals surface area contributed by atoms with Gasteiger partial charge in [-0.1, -0.05) is 24.3 Å². The quantitative estimate of drug-likeness (QED) is 0.666. The SMILES string of the molecule is S=c1[nH]nc2n1CCc1ccccc1-2. The fourth-order valence-electron chi connectivity index (χ4n) is 1.92. The molecule has 0 unspecified atom stereocenters. The third kappa shape index (κ3) is 0.974. The molecule has 0 bridgehead atoms. The highest BCUT2D eigenvalue weighted by molar-refractivity contribution is 7.71. The van der Waals surface area contributed by atoms with E-state index in [1.54, 1.807) is 0 Å². The molecule has 0 aliphatic carbocycles. The second-order valence-corrected chi connectivity index (χ2v) is 3.80. The average molecular weight is 203 g/mol. The van der Waals surface area contributed by atoms with Gasteiger partial charge in [-0.05, 0) is 24.2 Å². The van der Waals surface area contributed by atoms with Crippen molar-refractivity contribution in [3.63, 3.8) is 0 Å². The minimum Gasteiger partial charge on any atom is -0.300 e. The van der Waals surface area contributed by atoms with Gasteiger partial charge in [0.1, 0.15) is 0 Å². The fraction of sp³-hybridized carbons (Fsp3) is 0.200. The first kappa shape index (κ1) is 7.94. The Bertz CT molecular complexity index is 538. The molecular weight excluding hydrogens is 194 g/mol. The summed E-state index contributed by atoms with van der Waals surface area (Å²) in [5, 5.41) is 7.08. The number of aromatic amines is 1. The molecule has 1 aliphatic heterocycles. The number of fused-ring (bicyclic) bond motifs is 3. The van der Waals surface area contributed by atoms with E-state index >= 15 is 0 Å². The summed E-state index contributed by atoms with van der Waals surface area (Å²) >= 11 is 5.15. The van der Waals surface area contributed by atoms with Gasteiger partial charge in [0, 0.05) is 12.1 Å². The molecule has 1 N–H and O–H groups in total. The van der Waals surface area contributed by atoms with E-state index in [0.717, 1.165) is 23.6 Å². The second-order valence-electron chi connectivity index (χ2n) is 3.41. The van der Waals surface area contributed by atoms with Crippen LogP contribution in [0.5, 0.6) is 0 Å². The van der Waals surface area contributed by atoms with Crippen LogP contribution in [0.1, 0.15) is 5.56 Å². The second kappa shape index (κ2) is 2.78. The van der Waals surface area contributed by atoms with E-state index in [4.69, 9.17) is 12.2 Å². The maximum atomic E-state index is 5.15. The summed E-state index contributed by atoms with van der Waals surface area (Å²) in [6.45, 7) is 0.932. The van der Waals surface area contributed by atoms with Gasteiger partial charge in [0.2, 0.25) is 0 Å². The molecule has 1 aromatic heterocycles. The van der Waals surface area contributed by atoms with Crippen molar-refractivity contribution in [2.24, 2.45) is 0 Å². The summed E-state index contributed by atoms with van der Waals surface area (Å²) in [6, 6.07) is 8.34. The zero-order valence-electron chi connectivity index (χ0n) is 7.53. The third-order valence-electron chi connectivity index (χ3n) is 2.62. The number of H-pyrrole nitrogens is 1. The topological polar surface area (TPSA) is 33.6 Å². The minimum atomic E-state index is 0.717. The number of rotatable bonds is 0. The lowest BCUT2D eigenvalue weighted by Crippen LogP contribution is -2.10. The van der Waals surface area contributed by atoms with Crippen molar-refractivity contribution in [1.82, 2.24) is 14.8 Å². The van der Waals surface area contributed by atoms with E-state index in [1.807, 2.05) is 6.07 Å².